The highest BCUT2D eigenvalue weighted by Gasteiger charge is 2.45. The Morgan fingerprint density at radius 2 is 1.88 bits per heavy atom. The minimum atomic E-state index is -0.604. The molecule has 6 heterocycles. The van der Waals surface area contributed by atoms with E-state index in [2.05, 4.69) is 30.9 Å². The predicted molar refractivity (Wildman–Crippen MR) is 197 cm³/mol. The Morgan fingerprint density at radius 1 is 1.08 bits per heavy atom. The first-order valence-electron chi connectivity index (χ1n) is 17.7. The van der Waals surface area contributed by atoms with Gasteiger partial charge in [-0.15, -0.1) is 0 Å². The van der Waals surface area contributed by atoms with Crippen LogP contribution in [0, 0.1) is 24.1 Å². The lowest BCUT2D eigenvalue weighted by Gasteiger charge is -2.41. The number of pyridine rings is 1. The van der Waals surface area contributed by atoms with Crippen LogP contribution in [0.4, 0.5) is 10.2 Å². The predicted octanol–water partition coefficient (Wildman–Crippen LogP) is 6.39. The average molecular weight is 718 g/mol. The highest BCUT2D eigenvalue weighted by atomic mass is 35.5. The Balaban J connectivity index is 1.16. The number of ether oxygens (including phenoxy) is 1. The van der Waals surface area contributed by atoms with Crippen LogP contribution < -0.4 is 9.64 Å². The second-order valence-electron chi connectivity index (χ2n) is 13.7. The Hall–Kier alpha value is -5.25. The van der Waals surface area contributed by atoms with Crippen LogP contribution >= 0.6 is 11.6 Å². The molecule has 0 spiro atoms. The van der Waals surface area contributed by atoms with E-state index in [0.717, 1.165) is 44.2 Å². The summed E-state index contributed by atoms with van der Waals surface area (Å²) in [6.07, 6.45) is 10.8. The maximum Gasteiger partial charge on any atom is 0.319 e. The van der Waals surface area contributed by atoms with Gasteiger partial charge in [0, 0.05) is 54.1 Å². The molecule has 0 aliphatic carbocycles. The molecular formula is C39H37ClFN9O2. The molecule has 3 aromatic heterocycles. The molecular weight excluding hydrogens is 681 g/mol. The average Bonchev–Trinajstić information content (AvgIpc) is 3.74. The lowest BCUT2D eigenvalue weighted by molar-refractivity contribution is -0.128. The van der Waals surface area contributed by atoms with Crippen LogP contribution in [-0.4, -0.2) is 91.5 Å². The van der Waals surface area contributed by atoms with E-state index < -0.39 is 11.9 Å². The van der Waals surface area contributed by atoms with Crippen molar-refractivity contribution in [1.82, 2.24) is 34.7 Å². The maximum absolute atomic E-state index is 16.9. The number of carbonyl (C=O) groups excluding carboxylic acids is 1. The van der Waals surface area contributed by atoms with E-state index in [-0.39, 0.29) is 35.1 Å². The van der Waals surface area contributed by atoms with E-state index in [0.29, 0.717) is 64.9 Å². The van der Waals surface area contributed by atoms with Crippen LogP contribution in [0.15, 0.2) is 60.9 Å². The summed E-state index contributed by atoms with van der Waals surface area (Å²) in [6, 6.07) is 14.8. The van der Waals surface area contributed by atoms with Crippen molar-refractivity contribution in [2.45, 2.75) is 50.6 Å². The maximum atomic E-state index is 16.9. The van der Waals surface area contributed by atoms with Gasteiger partial charge in [-0.3, -0.25) is 14.7 Å². The van der Waals surface area contributed by atoms with E-state index in [9.17, 15) is 10.1 Å². The fraction of sp³-hybridized carbons (Fsp3) is 0.359. The molecule has 52 heavy (non-hydrogen) atoms. The van der Waals surface area contributed by atoms with Gasteiger partial charge in [0.05, 0.1) is 35.2 Å². The molecule has 0 unspecified atom stereocenters. The van der Waals surface area contributed by atoms with Gasteiger partial charge in [-0.1, -0.05) is 41.9 Å². The molecule has 5 aromatic rings. The Labute approximate surface area is 305 Å². The van der Waals surface area contributed by atoms with Gasteiger partial charge in [0.1, 0.15) is 29.5 Å². The first kappa shape index (κ1) is 33.9. The smallest absolute Gasteiger partial charge is 0.319 e. The van der Waals surface area contributed by atoms with E-state index >= 15 is 4.39 Å². The van der Waals surface area contributed by atoms with Crippen molar-refractivity contribution >= 4 is 51.1 Å². The molecule has 3 aliphatic heterocycles. The number of nitrogens with zero attached hydrogens (tertiary/aromatic N) is 9. The number of anilines is 1. The third-order valence-corrected chi connectivity index (χ3v) is 10.9. The lowest BCUT2D eigenvalue weighted by atomic mass is 9.95. The summed E-state index contributed by atoms with van der Waals surface area (Å²) in [5.41, 5.74) is 1.32. The zero-order valence-electron chi connectivity index (χ0n) is 28.8. The number of amides is 1. The number of aromatic nitrogens is 5. The summed E-state index contributed by atoms with van der Waals surface area (Å²) in [5.74, 6) is 0.222. The van der Waals surface area contributed by atoms with Gasteiger partial charge in [0.25, 0.3) is 0 Å². The number of nitriles is 1. The summed E-state index contributed by atoms with van der Waals surface area (Å²) >= 11 is 6.65. The highest BCUT2D eigenvalue weighted by Crippen LogP contribution is 2.40. The summed E-state index contributed by atoms with van der Waals surface area (Å²) < 4.78 is 23.3. The molecule has 3 aliphatic rings. The second kappa shape index (κ2) is 14.1. The standard InChI is InChI=1S/C39H37ClFN9O2/c1-25-43-17-13-27(45-25)10-11-32(51)50-21-20-48(23-28(50)12-16-42)37-30-22-44-35(29-8-2-6-26-7-3-9-31(40)33(26)29)34(41)36(30)46-38(47-37)52-24-39-14-4-18-49(39)19-5-15-39/h2-3,6-11,13,17,22,28H,4-5,12,14-15,18-21,23-24H2,1H3/b11-10+/t28-/m0/s1. The Morgan fingerprint density at radius 3 is 2.67 bits per heavy atom. The number of piperazine rings is 1. The molecule has 8 rings (SSSR count). The van der Waals surface area contributed by atoms with Crippen molar-refractivity contribution in [2.75, 3.05) is 44.2 Å². The van der Waals surface area contributed by atoms with Crippen LogP contribution in [-0.2, 0) is 4.79 Å². The third-order valence-electron chi connectivity index (χ3n) is 10.6. The quantitative estimate of drug-likeness (QED) is 0.167. The number of rotatable bonds is 8. The fourth-order valence-electron chi connectivity index (χ4n) is 8.11. The molecule has 0 saturated carbocycles. The van der Waals surface area contributed by atoms with Crippen molar-refractivity contribution in [3.05, 3.63) is 83.3 Å². The number of hydrogen-bond acceptors (Lipinski definition) is 10. The number of aryl methyl sites for hydroxylation is 1. The number of hydrogen-bond donors (Lipinski definition) is 0. The molecule has 1 atom stereocenters. The zero-order chi connectivity index (χ0) is 35.8. The summed E-state index contributed by atoms with van der Waals surface area (Å²) in [4.78, 5) is 42.3. The summed E-state index contributed by atoms with van der Waals surface area (Å²) in [7, 11) is 0. The highest BCUT2D eigenvalue weighted by molar-refractivity contribution is 6.36. The van der Waals surface area contributed by atoms with Gasteiger partial charge in [0.15, 0.2) is 5.82 Å². The van der Waals surface area contributed by atoms with Crippen molar-refractivity contribution in [2.24, 2.45) is 0 Å². The monoisotopic (exact) mass is 717 g/mol. The van der Waals surface area contributed by atoms with Crippen LogP contribution in [0.3, 0.4) is 0 Å². The van der Waals surface area contributed by atoms with Crippen molar-refractivity contribution in [3.8, 4) is 23.3 Å². The molecule has 1 amide bonds. The summed E-state index contributed by atoms with van der Waals surface area (Å²) in [6.45, 7) is 5.29. The van der Waals surface area contributed by atoms with Crippen LogP contribution in [0.5, 0.6) is 6.01 Å². The first-order valence-corrected chi connectivity index (χ1v) is 18.0. The molecule has 13 heteroatoms. The van der Waals surface area contributed by atoms with Gasteiger partial charge in [0.2, 0.25) is 5.91 Å². The van der Waals surface area contributed by atoms with E-state index in [4.69, 9.17) is 21.3 Å². The molecule has 0 radical (unpaired) electrons. The van der Waals surface area contributed by atoms with Gasteiger partial charge < -0.3 is 14.5 Å². The number of halogens is 2. The Bertz CT molecular complexity index is 2240. The van der Waals surface area contributed by atoms with Crippen molar-refractivity contribution in [1.29, 1.82) is 5.26 Å². The minimum absolute atomic E-state index is 0.0675. The van der Waals surface area contributed by atoms with Crippen LogP contribution in [0.1, 0.15) is 43.6 Å². The molecule has 2 aromatic carbocycles. The fourth-order valence-corrected chi connectivity index (χ4v) is 8.39. The van der Waals surface area contributed by atoms with Gasteiger partial charge in [-0.2, -0.15) is 15.2 Å². The van der Waals surface area contributed by atoms with E-state index in [1.54, 1.807) is 42.4 Å². The molecule has 0 N–H and O–H groups in total. The topological polar surface area (TPSA) is 124 Å². The second-order valence-corrected chi connectivity index (χ2v) is 14.1. The molecule has 3 fully saturated rings. The number of carbonyl (C=O) groups is 1. The molecule has 3 saturated heterocycles. The SMILES string of the molecule is Cc1nccc(/C=C/C(=O)N2CCN(c3nc(OCC45CCCN4CCC5)nc4c(F)c(-c5cccc6cccc(Cl)c56)ncc34)C[C@@H]2CC#N)n1. The summed E-state index contributed by atoms with van der Waals surface area (Å²) in [5, 5.41) is 12.3. The van der Waals surface area contributed by atoms with Crippen LogP contribution in [0.25, 0.3) is 39.0 Å². The molecule has 11 nitrogen and oxygen atoms in total. The van der Waals surface area contributed by atoms with Gasteiger partial charge >= 0.3 is 6.01 Å². The number of benzene rings is 2. The van der Waals surface area contributed by atoms with Gasteiger partial charge in [-0.25, -0.2) is 14.4 Å². The van der Waals surface area contributed by atoms with Crippen molar-refractivity contribution < 1.29 is 13.9 Å². The molecule has 264 valence electrons. The van der Waals surface area contributed by atoms with Gasteiger partial charge in [-0.05, 0) is 69.3 Å². The van der Waals surface area contributed by atoms with E-state index in [1.165, 1.54) is 6.08 Å². The number of fused-ring (bicyclic) bond motifs is 3. The normalized spacial score (nSPS) is 18.7. The lowest BCUT2D eigenvalue weighted by Crippen LogP contribution is -2.55. The van der Waals surface area contributed by atoms with Crippen molar-refractivity contribution in [3.63, 3.8) is 0 Å². The zero-order valence-corrected chi connectivity index (χ0v) is 29.6. The largest absolute Gasteiger partial charge is 0.461 e. The molecule has 0 bridgehead atoms. The van der Waals surface area contributed by atoms with E-state index in [1.807, 2.05) is 35.2 Å². The third kappa shape index (κ3) is 6.28. The Kier molecular flexibility index (Phi) is 9.15. The first-order chi connectivity index (χ1) is 25.3. The minimum Gasteiger partial charge on any atom is -0.461 e. The van der Waals surface area contributed by atoms with Crippen LogP contribution in [0.2, 0.25) is 5.02 Å².